The first-order valence-electron chi connectivity index (χ1n) is 4.57. The molecule has 1 aliphatic rings. The Morgan fingerprint density at radius 1 is 1.79 bits per heavy atom. The highest BCUT2D eigenvalue weighted by atomic mass is 32.1. The maximum absolute atomic E-state index is 11.6. The highest BCUT2D eigenvalue weighted by Gasteiger charge is 2.23. The fourth-order valence-corrected chi connectivity index (χ4v) is 2.03. The van der Waals surface area contributed by atoms with Gasteiger partial charge in [-0.25, -0.2) is 4.98 Å². The zero-order chi connectivity index (χ0) is 9.97. The van der Waals surface area contributed by atoms with Crippen molar-refractivity contribution in [2.24, 2.45) is 5.92 Å². The van der Waals surface area contributed by atoms with Gasteiger partial charge in [-0.05, 0) is 13.3 Å². The lowest BCUT2D eigenvalue weighted by molar-refractivity contribution is -0.119. The van der Waals surface area contributed by atoms with E-state index in [1.165, 1.54) is 11.3 Å². The van der Waals surface area contributed by atoms with E-state index < -0.39 is 0 Å². The summed E-state index contributed by atoms with van der Waals surface area (Å²) in [5.74, 6) is 0.0241. The van der Waals surface area contributed by atoms with Crippen LogP contribution < -0.4 is 5.32 Å². The third-order valence-corrected chi connectivity index (χ3v) is 2.98. The molecule has 1 saturated heterocycles. The van der Waals surface area contributed by atoms with Crippen LogP contribution in [0.4, 0.5) is 5.13 Å². The zero-order valence-electron chi connectivity index (χ0n) is 7.95. The molecule has 1 aromatic rings. The number of nitrogens with one attached hydrogen (secondary N) is 1. The lowest BCUT2D eigenvalue weighted by Crippen LogP contribution is -2.22. The van der Waals surface area contributed by atoms with Crippen molar-refractivity contribution in [1.29, 1.82) is 0 Å². The lowest BCUT2D eigenvalue weighted by atomic mass is 10.1. The van der Waals surface area contributed by atoms with Crippen molar-refractivity contribution in [2.75, 3.05) is 18.5 Å². The van der Waals surface area contributed by atoms with Crippen LogP contribution in [0.15, 0.2) is 6.20 Å². The van der Waals surface area contributed by atoms with E-state index in [9.17, 15) is 4.79 Å². The van der Waals surface area contributed by atoms with Crippen LogP contribution in [-0.4, -0.2) is 24.1 Å². The zero-order valence-corrected chi connectivity index (χ0v) is 8.76. The molecular weight excluding hydrogens is 200 g/mol. The summed E-state index contributed by atoms with van der Waals surface area (Å²) in [6.45, 7) is 3.19. The maximum Gasteiger partial charge on any atom is 0.231 e. The van der Waals surface area contributed by atoms with E-state index in [0.717, 1.165) is 11.3 Å². The number of anilines is 1. The van der Waals surface area contributed by atoms with Gasteiger partial charge in [0.25, 0.3) is 0 Å². The fourth-order valence-electron chi connectivity index (χ4n) is 1.36. The highest BCUT2D eigenvalue weighted by Crippen LogP contribution is 2.19. The lowest BCUT2D eigenvalue weighted by Gasteiger charge is -2.05. The first-order valence-corrected chi connectivity index (χ1v) is 5.38. The molecule has 0 spiro atoms. The van der Waals surface area contributed by atoms with Crippen LogP contribution in [0.2, 0.25) is 0 Å². The number of hydrogen-bond donors (Lipinski definition) is 1. The van der Waals surface area contributed by atoms with Crippen LogP contribution in [0.5, 0.6) is 0 Å². The standard InChI is InChI=1S/C9H12N2O2S/c1-6-4-10-9(14-6)11-8(12)7-2-3-13-5-7/h4,7H,2-3,5H2,1H3,(H,10,11,12). The molecule has 1 unspecified atom stereocenters. The van der Waals surface area contributed by atoms with Crippen LogP contribution in [0, 0.1) is 12.8 Å². The summed E-state index contributed by atoms with van der Waals surface area (Å²) in [6, 6.07) is 0. The van der Waals surface area contributed by atoms with Gasteiger partial charge >= 0.3 is 0 Å². The van der Waals surface area contributed by atoms with Gasteiger partial charge in [0.05, 0.1) is 12.5 Å². The van der Waals surface area contributed by atoms with E-state index in [0.29, 0.717) is 18.3 Å². The van der Waals surface area contributed by atoms with Crippen LogP contribution >= 0.6 is 11.3 Å². The van der Waals surface area contributed by atoms with Crippen LogP contribution in [0.3, 0.4) is 0 Å². The monoisotopic (exact) mass is 212 g/mol. The molecule has 1 N–H and O–H groups in total. The molecule has 14 heavy (non-hydrogen) atoms. The second-order valence-electron chi connectivity index (χ2n) is 3.33. The molecule has 4 nitrogen and oxygen atoms in total. The Hall–Kier alpha value is -0.940. The minimum absolute atomic E-state index is 0.000735. The van der Waals surface area contributed by atoms with Crippen molar-refractivity contribution in [3.63, 3.8) is 0 Å². The molecule has 0 bridgehead atoms. The number of aromatic nitrogens is 1. The molecule has 76 valence electrons. The number of ether oxygens (including phenoxy) is 1. The van der Waals surface area contributed by atoms with Gasteiger partial charge in [-0.2, -0.15) is 0 Å². The van der Waals surface area contributed by atoms with Crippen molar-refractivity contribution < 1.29 is 9.53 Å². The number of carbonyl (C=O) groups is 1. The van der Waals surface area contributed by atoms with Crippen molar-refractivity contribution in [1.82, 2.24) is 4.98 Å². The minimum atomic E-state index is -0.000735. The highest BCUT2D eigenvalue weighted by molar-refractivity contribution is 7.15. The minimum Gasteiger partial charge on any atom is -0.381 e. The van der Waals surface area contributed by atoms with Crippen LogP contribution in [0.1, 0.15) is 11.3 Å². The number of nitrogens with zero attached hydrogens (tertiary/aromatic N) is 1. The molecule has 1 atom stereocenters. The Morgan fingerprint density at radius 3 is 3.21 bits per heavy atom. The second kappa shape index (κ2) is 4.06. The summed E-state index contributed by atoms with van der Waals surface area (Å²) in [4.78, 5) is 16.8. The molecular formula is C9H12N2O2S. The average Bonchev–Trinajstić information content (AvgIpc) is 2.75. The topological polar surface area (TPSA) is 51.2 Å². The number of thiazole rings is 1. The molecule has 2 rings (SSSR count). The van der Waals surface area contributed by atoms with Crippen LogP contribution in [-0.2, 0) is 9.53 Å². The molecule has 0 radical (unpaired) electrons. The van der Waals surface area contributed by atoms with Crippen molar-refractivity contribution in [3.8, 4) is 0 Å². The summed E-state index contributed by atoms with van der Waals surface area (Å²) in [7, 11) is 0. The SMILES string of the molecule is Cc1cnc(NC(=O)C2CCOC2)s1. The third kappa shape index (κ3) is 2.10. The van der Waals surface area contributed by atoms with E-state index in [1.54, 1.807) is 6.20 Å². The molecule has 2 heterocycles. The summed E-state index contributed by atoms with van der Waals surface area (Å²) >= 11 is 1.49. The van der Waals surface area contributed by atoms with Gasteiger partial charge in [-0.15, -0.1) is 11.3 Å². The van der Waals surface area contributed by atoms with Gasteiger partial charge < -0.3 is 10.1 Å². The van der Waals surface area contributed by atoms with Crippen molar-refractivity contribution >= 4 is 22.4 Å². The summed E-state index contributed by atoms with van der Waals surface area (Å²) in [6.07, 6.45) is 2.57. The predicted molar refractivity (Wildman–Crippen MR) is 54.4 cm³/mol. The Balaban J connectivity index is 1.93. The van der Waals surface area contributed by atoms with Crippen molar-refractivity contribution in [3.05, 3.63) is 11.1 Å². The van der Waals surface area contributed by atoms with E-state index >= 15 is 0 Å². The van der Waals surface area contributed by atoms with E-state index in [2.05, 4.69) is 10.3 Å². The molecule has 5 heteroatoms. The number of rotatable bonds is 2. The van der Waals surface area contributed by atoms with Gasteiger partial charge in [-0.3, -0.25) is 4.79 Å². The Kier molecular flexibility index (Phi) is 2.79. The third-order valence-electron chi connectivity index (χ3n) is 2.15. The molecule has 0 saturated carbocycles. The van der Waals surface area contributed by atoms with E-state index in [1.807, 2.05) is 6.92 Å². The van der Waals surface area contributed by atoms with Crippen LogP contribution in [0.25, 0.3) is 0 Å². The first kappa shape index (κ1) is 9.61. The maximum atomic E-state index is 11.6. The van der Waals surface area contributed by atoms with Gasteiger partial charge in [0, 0.05) is 17.7 Å². The second-order valence-corrected chi connectivity index (χ2v) is 4.56. The number of aryl methyl sites for hydroxylation is 1. The summed E-state index contributed by atoms with van der Waals surface area (Å²) < 4.78 is 5.14. The molecule has 1 amide bonds. The number of carbonyl (C=O) groups excluding carboxylic acids is 1. The quantitative estimate of drug-likeness (QED) is 0.806. The summed E-state index contributed by atoms with van der Waals surface area (Å²) in [5.41, 5.74) is 0. The number of amides is 1. The van der Waals surface area contributed by atoms with Gasteiger partial charge in [0.2, 0.25) is 5.91 Å². The molecule has 0 aliphatic carbocycles. The van der Waals surface area contributed by atoms with E-state index in [4.69, 9.17) is 4.74 Å². The predicted octanol–water partition coefficient (Wildman–Crippen LogP) is 1.43. The molecule has 1 fully saturated rings. The van der Waals surface area contributed by atoms with Gasteiger partial charge in [-0.1, -0.05) is 0 Å². The molecule has 1 aromatic heterocycles. The largest absolute Gasteiger partial charge is 0.381 e. The average molecular weight is 212 g/mol. The summed E-state index contributed by atoms with van der Waals surface area (Å²) in [5, 5.41) is 3.47. The fraction of sp³-hybridized carbons (Fsp3) is 0.556. The first-order chi connectivity index (χ1) is 6.75. The normalized spacial score (nSPS) is 21.1. The molecule has 1 aliphatic heterocycles. The Bertz CT molecular complexity index is 331. The number of hydrogen-bond acceptors (Lipinski definition) is 4. The van der Waals surface area contributed by atoms with E-state index in [-0.39, 0.29) is 11.8 Å². The Labute approximate surface area is 86.3 Å². The Morgan fingerprint density at radius 2 is 2.64 bits per heavy atom. The van der Waals surface area contributed by atoms with Gasteiger partial charge in [0.1, 0.15) is 0 Å². The van der Waals surface area contributed by atoms with Crippen molar-refractivity contribution in [2.45, 2.75) is 13.3 Å². The molecule has 0 aromatic carbocycles. The smallest absolute Gasteiger partial charge is 0.231 e. The van der Waals surface area contributed by atoms with Gasteiger partial charge in [0.15, 0.2) is 5.13 Å².